The van der Waals surface area contributed by atoms with E-state index in [2.05, 4.69) is 26.9 Å². The largest absolute Gasteiger partial charge is 0.453 e. The van der Waals surface area contributed by atoms with Crippen molar-refractivity contribution >= 4 is 41.7 Å². The Labute approximate surface area is 141 Å². The number of amides is 1. The fourth-order valence-electron chi connectivity index (χ4n) is 1.34. The van der Waals surface area contributed by atoms with E-state index in [1.54, 1.807) is 12.1 Å². The van der Waals surface area contributed by atoms with E-state index in [1.807, 2.05) is 19.1 Å². The van der Waals surface area contributed by atoms with E-state index in [0.717, 1.165) is 11.1 Å². The molecule has 0 fully saturated rings. The van der Waals surface area contributed by atoms with Gasteiger partial charge in [-0.2, -0.15) is 0 Å². The van der Waals surface area contributed by atoms with Gasteiger partial charge in [-0.05, 0) is 24.6 Å². The molecule has 0 aliphatic rings. The molecule has 1 aromatic rings. The maximum atomic E-state index is 11.0. The number of methoxy groups -OCH3 is 1. The number of anilines is 1. The summed E-state index contributed by atoms with van der Waals surface area (Å²) < 4.78 is 4.51. The number of rotatable bonds is 5. The van der Waals surface area contributed by atoms with Crippen LogP contribution < -0.4 is 16.4 Å². The predicted molar refractivity (Wildman–Crippen MR) is 96.0 cm³/mol. The van der Waals surface area contributed by atoms with Crippen LogP contribution in [0, 0.1) is 0 Å². The maximum Gasteiger partial charge on any atom is 0.411 e. The van der Waals surface area contributed by atoms with Gasteiger partial charge in [-0.3, -0.25) is 5.32 Å². The SMILES string of the molecule is C=C(C)CNC(N)=NCc1ccc(NC(=O)OC)cc1.I. The zero-order valence-electron chi connectivity index (χ0n) is 12.2. The lowest BCUT2D eigenvalue weighted by Crippen LogP contribution is -2.32. The number of nitrogens with one attached hydrogen (secondary N) is 2. The highest BCUT2D eigenvalue weighted by atomic mass is 127. The summed E-state index contributed by atoms with van der Waals surface area (Å²) in [7, 11) is 1.32. The number of guanidine groups is 1. The molecule has 1 rings (SSSR count). The van der Waals surface area contributed by atoms with Gasteiger partial charge in [0.15, 0.2) is 5.96 Å². The first-order chi connectivity index (χ1) is 9.51. The summed E-state index contributed by atoms with van der Waals surface area (Å²) in [5.74, 6) is 0.379. The van der Waals surface area contributed by atoms with Crippen LogP contribution in [0.25, 0.3) is 0 Å². The van der Waals surface area contributed by atoms with Gasteiger partial charge in [0.25, 0.3) is 0 Å². The maximum absolute atomic E-state index is 11.0. The number of carbonyl (C=O) groups excluding carboxylic acids is 1. The summed E-state index contributed by atoms with van der Waals surface area (Å²) in [5.41, 5.74) is 8.35. The topological polar surface area (TPSA) is 88.7 Å². The predicted octanol–water partition coefficient (Wildman–Crippen LogP) is 2.46. The van der Waals surface area contributed by atoms with E-state index in [9.17, 15) is 4.79 Å². The summed E-state index contributed by atoms with van der Waals surface area (Å²) >= 11 is 0. The molecule has 6 nitrogen and oxygen atoms in total. The molecule has 0 bridgehead atoms. The van der Waals surface area contributed by atoms with Gasteiger partial charge < -0.3 is 15.8 Å². The second-order valence-electron chi connectivity index (χ2n) is 4.33. The number of nitrogens with zero attached hydrogens (tertiary/aromatic N) is 1. The molecule has 4 N–H and O–H groups in total. The van der Waals surface area contributed by atoms with E-state index in [-0.39, 0.29) is 24.0 Å². The van der Waals surface area contributed by atoms with Gasteiger partial charge in [0.1, 0.15) is 0 Å². The Morgan fingerprint density at radius 3 is 2.52 bits per heavy atom. The van der Waals surface area contributed by atoms with E-state index in [4.69, 9.17) is 5.73 Å². The normalized spacial score (nSPS) is 10.3. The second-order valence-corrected chi connectivity index (χ2v) is 4.33. The first kappa shape index (κ1) is 19.2. The quantitative estimate of drug-likeness (QED) is 0.305. The second kappa shape index (κ2) is 10.0. The number of aliphatic imine (C=N–C) groups is 1. The van der Waals surface area contributed by atoms with Crippen molar-refractivity contribution in [3.63, 3.8) is 0 Å². The zero-order chi connectivity index (χ0) is 15.0. The van der Waals surface area contributed by atoms with Gasteiger partial charge in [0.05, 0.1) is 13.7 Å². The van der Waals surface area contributed by atoms with Crippen molar-refractivity contribution in [3.8, 4) is 0 Å². The number of halogens is 1. The summed E-state index contributed by atoms with van der Waals surface area (Å²) in [6.07, 6.45) is -0.496. The molecule has 0 radical (unpaired) electrons. The molecule has 116 valence electrons. The molecule has 0 saturated carbocycles. The Kier molecular flexibility index (Phi) is 9.18. The van der Waals surface area contributed by atoms with Crippen molar-refractivity contribution in [2.24, 2.45) is 10.7 Å². The molecule has 0 atom stereocenters. The van der Waals surface area contributed by atoms with Crippen LogP contribution in [0.5, 0.6) is 0 Å². The number of hydrogen-bond acceptors (Lipinski definition) is 3. The van der Waals surface area contributed by atoms with Crippen molar-refractivity contribution < 1.29 is 9.53 Å². The fourth-order valence-corrected chi connectivity index (χ4v) is 1.34. The number of benzene rings is 1. The zero-order valence-corrected chi connectivity index (χ0v) is 14.5. The molecular weight excluding hydrogens is 383 g/mol. The van der Waals surface area contributed by atoms with Crippen molar-refractivity contribution in [3.05, 3.63) is 42.0 Å². The Bertz CT molecular complexity index is 500. The Morgan fingerprint density at radius 1 is 1.38 bits per heavy atom. The molecule has 7 heteroatoms. The van der Waals surface area contributed by atoms with Gasteiger partial charge >= 0.3 is 6.09 Å². The minimum atomic E-state index is -0.496. The molecule has 1 aromatic carbocycles. The number of hydrogen-bond donors (Lipinski definition) is 3. The average molecular weight is 404 g/mol. The summed E-state index contributed by atoms with van der Waals surface area (Å²) in [4.78, 5) is 15.2. The molecule has 0 saturated heterocycles. The Morgan fingerprint density at radius 2 is 2.00 bits per heavy atom. The molecule has 21 heavy (non-hydrogen) atoms. The molecule has 0 aliphatic carbocycles. The Hall–Kier alpha value is -1.77. The smallest absolute Gasteiger partial charge is 0.411 e. The first-order valence-corrected chi connectivity index (χ1v) is 6.13. The lowest BCUT2D eigenvalue weighted by Gasteiger charge is -2.06. The fraction of sp³-hybridized carbons (Fsp3) is 0.286. The van der Waals surface area contributed by atoms with E-state index in [1.165, 1.54) is 7.11 Å². The van der Waals surface area contributed by atoms with Crippen LogP contribution in [0.15, 0.2) is 41.4 Å². The van der Waals surface area contributed by atoms with E-state index < -0.39 is 6.09 Å². The summed E-state index contributed by atoms with van der Waals surface area (Å²) in [5, 5.41) is 5.52. The molecule has 0 spiro atoms. The van der Waals surface area contributed by atoms with Crippen molar-refractivity contribution in [2.45, 2.75) is 13.5 Å². The number of nitrogens with two attached hydrogens (primary N) is 1. The highest BCUT2D eigenvalue weighted by Crippen LogP contribution is 2.10. The third-order valence-electron chi connectivity index (χ3n) is 2.39. The van der Waals surface area contributed by atoms with Crippen LogP contribution in [0.1, 0.15) is 12.5 Å². The van der Waals surface area contributed by atoms with Crippen LogP contribution in [0.3, 0.4) is 0 Å². The van der Waals surface area contributed by atoms with Crippen molar-refractivity contribution in [1.82, 2.24) is 5.32 Å². The highest BCUT2D eigenvalue weighted by Gasteiger charge is 2.00. The number of carbonyl (C=O) groups is 1. The van der Waals surface area contributed by atoms with E-state index in [0.29, 0.717) is 24.7 Å². The molecular formula is C14H21IN4O2. The average Bonchev–Trinajstić information content (AvgIpc) is 2.44. The third-order valence-corrected chi connectivity index (χ3v) is 2.39. The Balaban J connectivity index is 0.00000400. The molecule has 0 aromatic heterocycles. The lowest BCUT2D eigenvalue weighted by atomic mass is 10.2. The van der Waals surface area contributed by atoms with Gasteiger partial charge in [-0.1, -0.05) is 24.3 Å². The van der Waals surface area contributed by atoms with Crippen LogP contribution in [-0.4, -0.2) is 25.7 Å². The standard InChI is InChI=1S/C14H20N4O2.HI/c1-10(2)8-16-13(15)17-9-11-4-6-12(7-5-11)18-14(19)20-3;/h4-7H,1,8-9H2,2-3H3,(H,18,19)(H3,15,16,17);1H. The van der Waals surface area contributed by atoms with Crippen LogP contribution in [0.4, 0.5) is 10.5 Å². The first-order valence-electron chi connectivity index (χ1n) is 6.13. The van der Waals surface area contributed by atoms with Crippen LogP contribution in [0.2, 0.25) is 0 Å². The van der Waals surface area contributed by atoms with Crippen molar-refractivity contribution in [1.29, 1.82) is 0 Å². The minimum absolute atomic E-state index is 0. The summed E-state index contributed by atoms with van der Waals surface area (Å²) in [6, 6.07) is 7.28. The van der Waals surface area contributed by atoms with Crippen molar-refractivity contribution in [2.75, 3.05) is 19.0 Å². The van der Waals surface area contributed by atoms with Gasteiger partial charge in [0.2, 0.25) is 0 Å². The number of ether oxygens (including phenoxy) is 1. The monoisotopic (exact) mass is 404 g/mol. The van der Waals surface area contributed by atoms with Crippen LogP contribution in [-0.2, 0) is 11.3 Å². The molecule has 1 amide bonds. The third kappa shape index (κ3) is 8.18. The van der Waals surface area contributed by atoms with Crippen LogP contribution >= 0.6 is 24.0 Å². The lowest BCUT2D eigenvalue weighted by molar-refractivity contribution is 0.187. The molecule has 0 unspecified atom stereocenters. The minimum Gasteiger partial charge on any atom is -0.453 e. The molecule has 0 aliphatic heterocycles. The van der Waals surface area contributed by atoms with Gasteiger partial charge in [0, 0.05) is 12.2 Å². The highest BCUT2D eigenvalue weighted by molar-refractivity contribution is 14.0. The van der Waals surface area contributed by atoms with E-state index >= 15 is 0 Å². The summed E-state index contributed by atoms with van der Waals surface area (Å²) in [6.45, 7) is 6.75. The van der Waals surface area contributed by atoms with Gasteiger partial charge in [-0.25, -0.2) is 9.79 Å². The molecule has 0 heterocycles. The van der Waals surface area contributed by atoms with Gasteiger partial charge in [-0.15, -0.1) is 24.0 Å².